The maximum absolute atomic E-state index is 6.23. The molecule has 2 N–H and O–H groups in total. The second-order valence-corrected chi connectivity index (χ2v) is 14.1. The van der Waals surface area contributed by atoms with E-state index in [1.165, 1.54) is 92.9 Å². The van der Waals surface area contributed by atoms with Gasteiger partial charge in [-0.2, -0.15) is 0 Å². The largest absolute Gasteiger partial charge is 0.376 e. The van der Waals surface area contributed by atoms with Crippen LogP contribution in [0.5, 0.6) is 0 Å². The minimum atomic E-state index is -0.0586. The number of anilines is 1. The molecule has 6 rings (SSSR count). The van der Waals surface area contributed by atoms with Crippen molar-refractivity contribution in [2.24, 2.45) is 0 Å². The molecule has 0 aliphatic heterocycles. The molecule has 252 valence electrons. The Morgan fingerprint density at radius 2 is 1.72 bits per heavy atom. The number of fused-ring (bicyclic) bond motifs is 2. The van der Waals surface area contributed by atoms with Gasteiger partial charge in [0.2, 0.25) is 0 Å². The third-order valence-corrected chi connectivity index (χ3v) is 10.9. The Hall–Kier alpha value is -3.23. The lowest BCUT2D eigenvalue weighted by atomic mass is 9.63. The molecule has 3 heteroatoms. The van der Waals surface area contributed by atoms with Crippen LogP contribution in [0.3, 0.4) is 0 Å². The summed E-state index contributed by atoms with van der Waals surface area (Å²) in [6.07, 6.45) is 24.6. The summed E-state index contributed by atoms with van der Waals surface area (Å²) in [7, 11) is 0. The number of aromatic amines is 1. The van der Waals surface area contributed by atoms with Crippen LogP contribution in [0.2, 0.25) is 5.02 Å². The van der Waals surface area contributed by atoms with Crippen LogP contribution in [0.4, 0.5) is 5.69 Å². The fourth-order valence-corrected chi connectivity index (χ4v) is 8.10. The van der Waals surface area contributed by atoms with E-state index in [9.17, 15) is 0 Å². The summed E-state index contributed by atoms with van der Waals surface area (Å²) in [4.78, 5) is 3.19. The van der Waals surface area contributed by atoms with Gasteiger partial charge in [-0.1, -0.05) is 99.5 Å². The van der Waals surface area contributed by atoms with Crippen LogP contribution in [0.25, 0.3) is 11.1 Å². The first-order valence-electron chi connectivity index (χ1n) is 18.3. The molecule has 1 heterocycles. The van der Waals surface area contributed by atoms with Crippen molar-refractivity contribution >= 4 is 17.3 Å². The van der Waals surface area contributed by atoms with E-state index >= 15 is 0 Å². The van der Waals surface area contributed by atoms with Crippen molar-refractivity contribution in [2.45, 2.75) is 129 Å². The number of halogens is 1. The van der Waals surface area contributed by atoms with Crippen LogP contribution >= 0.6 is 11.6 Å². The normalized spacial score (nSPS) is 23.0. The summed E-state index contributed by atoms with van der Waals surface area (Å²) >= 11 is 6.23. The van der Waals surface area contributed by atoms with Gasteiger partial charge >= 0.3 is 0 Å². The zero-order valence-corrected chi connectivity index (χ0v) is 30.7. The summed E-state index contributed by atoms with van der Waals surface area (Å²) in [5, 5.41) is 4.58. The average molecular weight is 651 g/mol. The van der Waals surface area contributed by atoms with Crippen LogP contribution in [0, 0.1) is 0 Å². The van der Waals surface area contributed by atoms with Crippen molar-refractivity contribution in [3.8, 4) is 11.1 Å². The lowest BCUT2D eigenvalue weighted by Gasteiger charge is -2.47. The van der Waals surface area contributed by atoms with Crippen LogP contribution in [-0.2, 0) is 11.8 Å². The molecule has 2 aromatic carbocycles. The van der Waals surface area contributed by atoms with E-state index in [4.69, 9.17) is 11.6 Å². The highest BCUT2D eigenvalue weighted by atomic mass is 35.5. The molecule has 0 radical (unpaired) electrons. The Morgan fingerprint density at radius 1 is 0.957 bits per heavy atom. The molecule has 3 aliphatic rings. The number of unbranched alkanes of at least 4 members (excludes halogenated alkanes) is 1. The van der Waals surface area contributed by atoms with Crippen LogP contribution in [-0.4, -0.2) is 10.5 Å². The van der Waals surface area contributed by atoms with Crippen molar-refractivity contribution in [1.82, 2.24) is 4.98 Å². The van der Waals surface area contributed by atoms with Gasteiger partial charge in [-0.3, -0.25) is 0 Å². The monoisotopic (exact) mass is 650 g/mol. The number of hydrogen-bond acceptors (Lipinski definition) is 1. The first kappa shape index (κ1) is 36.6. The highest BCUT2D eigenvalue weighted by Gasteiger charge is 2.47. The molecule has 0 amide bonds. The maximum Gasteiger partial charge on any atom is 0.0580 e. The van der Waals surface area contributed by atoms with Gasteiger partial charge in [0, 0.05) is 23.1 Å². The summed E-state index contributed by atoms with van der Waals surface area (Å²) < 4.78 is 0. The quantitative estimate of drug-likeness (QED) is 0.233. The number of rotatable bonds is 8. The number of benzene rings is 2. The summed E-state index contributed by atoms with van der Waals surface area (Å²) in [5.74, 6) is 0. The Balaban J connectivity index is 0.000000249. The summed E-state index contributed by atoms with van der Waals surface area (Å²) in [6.45, 7) is 19.1. The van der Waals surface area contributed by atoms with E-state index < -0.39 is 0 Å². The molecule has 2 saturated carbocycles. The number of H-pyrrole nitrogens is 1. The van der Waals surface area contributed by atoms with Crippen molar-refractivity contribution in [1.29, 1.82) is 0 Å². The lowest BCUT2D eigenvalue weighted by molar-refractivity contribution is 0.235. The van der Waals surface area contributed by atoms with Gasteiger partial charge in [-0.15, -0.1) is 0 Å². The SMILES string of the molecule is C=C(C)C1(Nc2cccc(Cl)c2)CCC2(CCc3ccc(-c4cc[nH]c4)cc32)CC1.C=C1CCCC/C1=C(/C=C\C)CCCC.CC. The van der Waals surface area contributed by atoms with Crippen molar-refractivity contribution in [3.05, 3.63) is 125 Å². The van der Waals surface area contributed by atoms with Gasteiger partial charge in [0.05, 0.1) is 5.54 Å². The molecule has 0 unspecified atom stereocenters. The summed E-state index contributed by atoms with van der Waals surface area (Å²) in [5.41, 5.74) is 12.8. The summed E-state index contributed by atoms with van der Waals surface area (Å²) in [6, 6.07) is 17.3. The van der Waals surface area contributed by atoms with Crippen LogP contribution < -0.4 is 5.32 Å². The van der Waals surface area contributed by atoms with Crippen LogP contribution in [0.15, 0.2) is 109 Å². The Morgan fingerprint density at radius 3 is 2.36 bits per heavy atom. The minimum absolute atomic E-state index is 0.0586. The highest BCUT2D eigenvalue weighted by Crippen LogP contribution is 2.53. The van der Waals surface area contributed by atoms with E-state index in [0.717, 1.165) is 23.6 Å². The number of aromatic nitrogens is 1. The fourth-order valence-electron chi connectivity index (χ4n) is 7.91. The third kappa shape index (κ3) is 8.82. The van der Waals surface area contributed by atoms with Crippen molar-refractivity contribution in [3.63, 3.8) is 0 Å². The lowest BCUT2D eigenvalue weighted by Crippen LogP contribution is -2.46. The zero-order chi connectivity index (χ0) is 33.9. The van der Waals surface area contributed by atoms with Gasteiger partial charge < -0.3 is 10.3 Å². The predicted octanol–water partition coefficient (Wildman–Crippen LogP) is 13.7. The average Bonchev–Trinajstić information content (AvgIpc) is 3.75. The Kier molecular flexibility index (Phi) is 13.4. The molecule has 2 fully saturated rings. The van der Waals surface area contributed by atoms with E-state index in [1.54, 1.807) is 22.3 Å². The van der Waals surface area contributed by atoms with Gasteiger partial charge in [-0.25, -0.2) is 0 Å². The van der Waals surface area contributed by atoms with Crippen molar-refractivity contribution in [2.75, 3.05) is 5.32 Å². The molecular weight excluding hydrogens is 592 g/mol. The minimum Gasteiger partial charge on any atom is -0.376 e. The molecule has 3 aliphatic carbocycles. The van der Waals surface area contributed by atoms with E-state index in [1.807, 2.05) is 38.2 Å². The maximum atomic E-state index is 6.23. The smallest absolute Gasteiger partial charge is 0.0580 e. The molecule has 1 aromatic heterocycles. The number of hydrogen-bond donors (Lipinski definition) is 2. The van der Waals surface area contributed by atoms with Crippen LogP contribution in [0.1, 0.15) is 123 Å². The van der Waals surface area contributed by atoms with Gasteiger partial charge in [0.25, 0.3) is 0 Å². The molecule has 0 atom stereocenters. The topological polar surface area (TPSA) is 27.8 Å². The number of aryl methyl sites for hydroxylation is 1. The Labute approximate surface area is 291 Å². The first-order chi connectivity index (χ1) is 22.8. The van der Waals surface area contributed by atoms with Gasteiger partial charge in [-0.05, 0) is 154 Å². The van der Waals surface area contributed by atoms with E-state index in [-0.39, 0.29) is 5.54 Å². The first-order valence-corrected chi connectivity index (χ1v) is 18.7. The molecule has 0 saturated heterocycles. The predicted molar refractivity (Wildman–Crippen MR) is 208 cm³/mol. The molecule has 1 spiro atoms. The van der Waals surface area contributed by atoms with Gasteiger partial charge in [0.15, 0.2) is 0 Å². The molecule has 3 aromatic rings. The molecule has 0 bridgehead atoms. The van der Waals surface area contributed by atoms with E-state index in [0.29, 0.717) is 5.41 Å². The molecular formula is C44H59ClN2. The fraction of sp³-hybridized carbons (Fsp3) is 0.455. The van der Waals surface area contributed by atoms with Crippen molar-refractivity contribution < 1.29 is 0 Å². The molecule has 2 nitrogen and oxygen atoms in total. The standard InChI is InChI=1S/C27H29ClN2.C15H24.C2H6/c1-19(2)27(30-24-5-3-4-23(28)17-24)13-11-26(12-14-27)10-8-20-6-7-21(16-25(20)26)22-9-15-29-18-22;1-4-6-11-14(9-5-2)15-12-8-7-10-13(15)3;1-2/h3-7,9,15-18,29-30H,1,8,10-14H2,2H3;5,9H,3-4,6-8,10-12H2,1-2H3;1-2H3/b;9-5-,15-14+;. The highest BCUT2D eigenvalue weighted by molar-refractivity contribution is 6.30. The number of nitrogens with one attached hydrogen (secondary N) is 2. The Bertz CT molecular complexity index is 1530. The van der Waals surface area contributed by atoms with E-state index in [2.05, 4.69) is 92.9 Å². The third-order valence-electron chi connectivity index (χ3n) is 10.7. The molecule has 47 heavy (non-hydrogen) atoms. The van der Waals surface area contributed by atoms with Gasteiger partial charge in [0.1, 0.15) is 0 Å². The second kappa shape index (κ2) is 17.3. The number of allylic oxidation sites excluding steroid dienone is 5. The second-order valence-electron chi connectivity index (χ2n) is 13.7. The zero-order valence-electron chi connectivity index (χ0n) is 29.9.